The largest absolute Gasteiger partial charge is 0.371 e. The monoisotopic (exact) mass is 1970 g/mol. The van der Waals surface area contributed by atoms with Gasteiger partial charge in [0.2, 0.25) is 35.5 Å². The van der Waals surface area contributed by atoms with E-state index in [-0.39, 0.29) is 91.5 Å². The Bertz CT molecular complexity index is 6910. The summed E-state index contributed by atoms with van der Waals surface area (Å²) >= 11 is 0. The molecule has 41 nitrogen and oxygen atoms in total. The fourth-order valence-electron chi connectivity index (χ4n) is 22.1. The number of amides is 10. The Labute approximate surface area is 832 Å². The number of carbonyl (C=O) groups excluding carboxylic acids is 10. The zero-order valence-corrected chi connectivity index (χ0v) is 81.4. The van der Waals surface area contributed by atoms with Gasteiger partial charge in [-0.15, -0.1) is 0 Å². The Morgan fingerprint density at radius 3 is 1.36 bits per heavy atom. The summed E-state index contributed by atoms with van der Waals surface area (Å²) < 4.78 is 33.6. The van der Waals surface area contributed by atoms with Crippen molar-refractivity contribution in [1.82, 2.24) is 90.8 Å². The molecule has 0 radical (unpaired) electrons. The van der Waals surface area contributed by atoms with Crippen LogP contribution in [0.5, 0.6) is 0 Å². The highest BCUT2D eigenvalue weighted by Crippen LogP contribution is 2.41. The molecule has 0 spiro atoms. The topological polar surface area (TPSA) is 448 Å². The average molecular weight is 1970 g/mol. The van der Waals surface area contributed by atoms with Crippen LogP contribution in [0.15, 0.2) is 171 Å². The van der Waals surface area contributed by atoms with Crippen LogP contribution in [-0.2, 0) is 56.2 Å². The van der Waals surface area contributed by atoms with Crippen LogP contribution in [0.1, 0.15) is 179 Å². The number of rotatable bonds is 20. The number of pyridine rings is 2. The number of anilines is 8. The first-order valence-electron chi connectivity index (χ1n) is 49.0. The Morgan fingerprint density at radius 2 is 0.910 bits per heavy atom. The van der Waals surface area contributed by atoms with Crippen LogP contribution in [0, 0.1) is 18.8 Å². The molecule has 0 aliphatic carbocycles. The summed E-state index contributed by atoms with van der Waals surface area (Å²) in [6.45, 7) is 26.7. The van der Waals surface area contributed by atoms with E-state index in [2.05, 4.69) is 109 Å². The molecule has 9 aromatic rings. The van der Waals surface area contributed by atoms with Gasteiger partial charge in [0.25, 0.3) is 45.6 Å². The van der Waals surface area contributed by atoms with Crippen molar-refractivity contribution in [3.63, 3.8) is 0 Å². The van der Waals surface area contributed by atoms with Crippen LogP contribution in [0.3, 0.4) is 0 Å². The molecule has 144 heavy (non-hydrogen) atoms. The normalized spacial score (nSPS) is 21.7. The molecule has 8 saturated heterocycles. The maximum atomic E-state index is 13.7. The molecule has 8 fully saturated rings. The number of allylic oxidation sites excluding steroid dienone is 2. The molecule has 5 N–H and O–H groups in total. The number of nitrogens with one attached hydrogen (secondary N) is 5. The predicted octanol–water partition coefficient (Wildman–Crippen LogP) is 6.56. The Morgan fingerprint density at radius 1 is 0.472 bits per heavy atom. The zero-order valence-electron chi connectivity index (χ0n) is 80.6. The highest BCUT2D eigenvalue weighted by Gasteiger charge is 2.49. The van der Waals surface area contributed by atoms with Crippen LogP contribution in [-0.4, -0.2) is 310 Å². The third kappa shape index (κ3) is 18.8. The molecule has 18 heterocycles. The first kappa shape index (κ1) is 96.9. The van der Waals surface area contributed by atoms with E-state index in [9.17, 15) is 56.4 Å². The molecule has 10 amide bonds. The van der Waals surface area contributed by atoms with E-state index in [1.807, 2.05) is 132 Å². The van der Waals surface area contributed by atoms with E-state index in [0.717, 1.165) is 237 Å². The molecule has 4 atom stereocenters. The van der Waals surface area contributed by atoms with E-state index >= 15 is 0 Å². The van der Waals surface area contributed by atoms with E-state index in [4.69, 9.17) is 19.2 Å². The van der Waals surface area contributed by atoms with Crippen LogP contribution in [0.4, 0.5) is 46.3 Å². The maximum absolute atomic E-state index is 13.7. The van der Waals surface area contributed by atoms with Crippen molar-refractivity contribution in [3.8, 4) is 0 Å². The van der Waals surface area contributed by atoms with Gasteiger partial charge < -0.3 is 45.3 Å². The molecule has 42 heteroatoms. The van der Waals surface area contributed by atoms with Gasteiger partial charge in [-0.25, -0.2) is 19.3 Å². The summed E-state index contributed by atoms with van der Waals surface area (Å²) in [5, 5.41) is 38.0. The van der Waals surface area contributed by atoms with Gasteiger partial charge in [0.1, 0.15) is 23.7 Å². The molecule has 0 saturated carbocycles. The third-order valence-electron chi connectivity index (χ3n) is 30.4. The zero-order chi connectivity index (χ0) is 99.1. The quantitative estimate of drug-likeness (QED) is 0.0398. The highest BCUT2D eigenvalue weighted by atomic mass is 32.2. The van der Waals surface area contributed by atoms with Crippen LogP contribution in [0.25, 0.3) is 0 Å². The molecule has 14 aliphatic rings. The van der Waals surface area contributed by atoms with Crippen molar-refractivity contribution in [2.75, 3.05) is 172 Å². The summed E-state index contributed by atoms with van der Waals surface area (Å²) in [7, 11) is -0.0461. The lowest BCUT2D eigenvalue weighted by Gasteiger charge is -2.49. The first-order chi connectivity index (χ1) is 69.1. The van der Waals surface area contributed by atoms with Crippen molar-refractivity contribution in [2.45, 2.75) is 148 Å². The number of piperazine rings is 2. The van der Waals surface area contributed by atoms with Crippen molar-refractivity contribution < 1.29 is 60.5 Å². The number of aromatic nitrogens is 10. The van der Waals surface area contributed by atoms with Crippen molar-refractivity contribution in [2.24, 2.45) is 21.8 Å². The predicted molar refractivity (Wildman–Crippen MR) is 536 cm³/mol. The minimum Gasteiger partial charge on any atom is -0.371 e. The Kier molecular flexibility index (Phi) is 26.9. The number of carbonyl (C=O) groups is 10. The number of piperidine rings is 4. The number of likely N-dealkylation sites (tertiary alicyclic amines) is 2. The first-order valence-corrected chi connectivity index (χ1v) is 50.5. The molecular formula is C102H116N28O13S. The lowest BCUT2D eigenvalue weighted by atomic mass is 9.92. The van der Waals surface area contributed by atoms with Gasteiger partial charge in [0, 0.05) is 225 Å². The molecular weight excluding hydrogens is 1860 g/mol. The number of tetrazole rings is 2. The number of imide groups is 4. The second kappa shape index (κ2) is 40.0. The van der Waals surface area contributed by atoms with Gasteiger partial charge >= 0.3 is 0 Å². The summed E-state index contributed by atoms with van der Waals surface area (Å²) in [6, 6.07) is 35.9. The standard InChI is InChI=1S/C47H52N14O5.C29H32N4O7S.C25H28N10O.CH4/c1-27-41(28(2)61-47(55(27)3)52-53-54-61)44(64)50-32-5-4-31-23-49-42(36(31)21-32)30-10-13-48-39(20-30)58-18-16-56(17-19-58)24-29-25-59(26-29)33-11-14-57(15-12-33)34-6-7-35-37(22-34)46(66)60(45(35)65)38-8-9-40(62)51-43(38)63;1-18-2-5-22(6-3-18)41(38,39)40-17-19-15-32(16-19)20-10-12-31(13-11-20)21-4-7-23-24(14-21)29(37)33(28(23)36)25-8-9-26(34)30-27(25)35;1-15-22(16(2)35-25(33(15)3)30-31-32-35)24(36)29-19-5-4-18-14-28-23(20(18)13-19)17-6-7-27-21(12-17)34-10-8-26-9-11-34;/h4-7,10,13,20-22,28-29,33,38H,8-9,11-12,14-19,23-26H2,1-3H3,(H,50,64)(H,51,62,63);2-7,14,19-20,25H,8-13,15-17H2,1H3,(H,30,34,35);4-7,12-13,16,26H,8-11,14H2,1-3H3,(H,29,36);1H4/t28-,38?;;16-;/m1.1./s1. The SMILES string of the molecule is C.CC1=C(C(=O)Nc2ccc3c(c2)C(c2ccnc(N4CCN(CC5CN(C6CCN(c7ccc8c(c7)C(=O)N(C7CCC(=O)NC7=O)C8=O)CC6)C5)CC4)c2)=NC3)[C@@H](C)n2nnnc2N1C.CC1=C(C(=O)Nc2ccc3c(c2)C(c2ccnc(N4CCNCC4)c2)=NC3)[C@@H](C)n2nnnc2N1C.Cc1ccc(S(=O)(=O)OCC2CN(C3CCN(c4ccc5c(c4)C(=O)N(C4CCC(=O)NC4=O)C5=O)CC3)C2)cc1. The lowest BCUT2D eigenvalue weighted by molar-refractivity contribution is -0.137. The highest BCUT2D eigenvalue weighted by molar-refractivity contribution is 7.86. The molecule has 0 bridgehead atoms. The number of fused-ring (bicyclic) bond motifs is 6. The summed E-state index contributed by atoms with van der Waals surface area (Å²) in [5.74, 6) is -0.391. The molecule has 14 aliphatic heterocycles. The average Bonchev–Trinajstić information content (AvgIpc) is 1.62. The number of nitrogens with zero attached hydrogens (tertiary/aromatic N) is 23. The van der Waals surface area contributed by atoms with Gasteiger partial charge in [0.05, 0.1) is 81.5 Å². The van der Waals surface area contributed by atoms with Crippen molar-refractivity contribution in [3.05, 3.63) is 217 Å². The van der Waals surface area contributed by atoms with Crippen LogP contribution in [0.2, 0.25) is 0 Å². The van der Waals surface area contributed by atoms with Gasteiger partial charge in [-0.3, -0.25) is 97.2 Å². The fraction of sp³-hybridized carbons (Fsp3) is 0.431. The number of aliphatic imine (C=N–C) groups is 2. The molecule has 4 aromatic heterocycles. The molecule has 748 valence electrons. The van der Waals surface area contributed by atoms with Crippen LogP contribution >= 0.6 is 0 Å². The number of aryl methyl sites for hydroxylation is 1. The van der Waals surface area contributed by atoms with E-state index in [1.54, 1.807) is 57.9 Å². The van der Waals surface area contributed by atoms with Gasteiger partial charge in [-0.05, 0) is 208 Å². The number of hydrogen-bond donors (Lipinski definition) is 5. The van der Waals surface area contributed by atoms with Gasteiger partial charge in [0.15, 0.2) is 0 Å². The summed E-state index contributed by atoms with van der Waals surface area (Å²) in [4.78, 5) is 169. The number of benzene rings is 5. The van der Waals surface area contributed by atoms with Crippen molar-refractivity contribution >= 4 is 127 Å². The lowest BCUT2D eigenvalue weighted by Crippen LogP contribution is -2.59. The van der Waals surface area contributed by atoms with Gasteiger partial charge in [-0.2, -0.15) is 8.42 Å². The van der Waals surface area contributed by atoms with Crippen LogP contribution < -0.4 is 56.0 Å². The minimum atomic E-state index is -3.76. The maximum Gasteiger partial charge on any atom is 0.296 e. The summed E-state index contributed by atoms with van der Waals surface area (Å²) in [6.07, 6.45) is 8.06. The molecule has 2 unspecified atom stereocenters. The molecule has 23 rings (SSSR count). The second-order valence-corrected chi connectivity index (χ2v) is 40.7. The summed E-state index contributed by atoms with van der Waals surface area (Å²) in [5.41, 5.74) is 16.4. The van der Waals surface area contributed by atoms with E-state index in [0.29, 0.717) is 70.9 Å². The van der Waals surface area contributed by atoms with Crippen molar-refractivity contribution in [1.29, 1.82) is 0 Å². The van der Waals surface area contributed by atoms with E-state index < -0.39 is 63.6 Å². The number of hydrogen-bond acceptors (Lipinski definition) is 33. The Balaban J connectivity index is 0.000000140. The minimum absolute atomic E-state index is 0. The smallest absolute Gasteiger partial charge is 0.296 e. The second-order valence-electron chi connectivity index (χ2n) is 39.1. The third-order valence-corrected chi connectivity index (χ3v) is 31.7. The van der Waals surface area contributed by atoms with E-state index in [1.165, 1.54) is 0 Å². The molecule has 5 aromatic carbocycles. The fourth-order valence-corrected chi connectivity index (χ4v) is 23.1. The Hall–Kier alpha value is -14.6. The van der Waals surface area contributed by atoms with Gasteiger partial charge in [-0.1, -0.05) is 47.5 Å².